The minimum atomic E-state index is -0.514. The molecule has 2 heterocycles. The van der Waals surface area contributed by atoms with Crippen LogP contribution in [0.1, 0.15) is 18.4 Å². The number of piperidine rings is 1. The van der Waals surface area contributed by atoms with E-state index in [0.29, 0.717) is 24.5 Å². The number of carbonyl (C=O) groups excluding carboxylic acids is 1. The van der Waals surface area contributed by atoms with Gasteiger partial charge < -0.3 is 19.5 Å². The maximum Gasteiger partial charge on any atom is 0.415 e. The Morgan fingerprint density at radius 3 is 2.62 bits per heavy atom. The van der Waals surface area contributed by atoms with E-state index in [0.717, 1.165) is 37.2 Å². The average molecular weight is 332 g/mol. The van der Waals surface area contributed by atoms with E-state index in [-0.39, 0.29) is 6.09 Å². The van der Waals surface area contributed by atoms with Crippen molar-refractivity contribution >= 4 is 6.09 Å². The van der Waals surface area contributed by atoms with Crippen LogP contribution in [0.5, 0.6) is 11.5 Å². The molecule has 130 valence electrons. The minimum absolute atomic E-state index is 0.289. The Morgan fingerprint density at radius 1 is 1.25 bits per heavy atom. The minimum Gasteiger partial charge on any atom is -0.493 e. The highest BCUT2D eigenvalue weighted by Crippen LogP contribution is 2.39. The monoisotopic (exact) mass is 332 g/mol. The second kappa shape index (κ2) is 6.73. The third kappa shape index (κ3) is 2.94. The number of nitrogens with one attached hydrogen (secondary N) is 1. The van der Waals surface area contributed by atoms with Crippen LogP contribution in [-0.2, 0) is 11.2 Å². The van der Waals surface area contributed by atoms with Gasteiger partial charge >= 0.3 is 6.09 Å². The summed E-state index contributed by atoms with van der Waals surface area (Å²) in [5, 5.41) is 3.29. The number of benzene rings is 1. The molecule has 2 aliphatic rings. The van der Waals surface area contributed by atoms with Crippen LogP contribution >= 0.6 is 0 Å². The molecule has 1 N–H and O–H groups in total. The lowest BCUT2D eigenvalue weighted by Gasteiger charge is -2.32. The highest BCUT2D eigenvalue weighted by Gasteiger charge is 2.49. The zero-order valence-corrected chi connectivity index (χ0v) is 14.3. The molecule has 0 aromatic heterocycles. The van der Waals surface area contributed by atoms with Gasteiger partial charge in [0.2, 0.25) is 0 Å². The second-order valence-electron chi connectivity index (χ2n) is 6.15. The Bertz CT molecular complexity index is 638. The summed E-state index contributed by atoms with van der Waals surface area (Å²) in [5.41, 5.74) is 1.34. The van der Waals surface area contributed by atoms with Gasteiger partial charge in [-0.05, 0) is 37.2 Å². The molecule has 2 fully saturated rings. The van der Waals surface area contributed by atoms with E-state index in [1.807, 2.05) is 18.2 Å². The molecule has 24 heavy (non-hydrogen) atoms. The smallest absolute Gasteiger partial charge is 0.415 e. The number of methoxy groups -OCH3 is 2. The summed E-state index contributed by atoms with van der Waals surface area (Å²) >= 11 is 0. The Kier molecular flexibility index (Phi) is 4.66. The molecule has 6 heteroatoms. The van der Waals surface area contributed by atoms with Gasteiger partial charge in [0, 0.05) is 19.4 Å². The fourth-order valence-corrected chi connectivity index (χ4v) is 3.36. The van der Waals surface area contributed by atoms with E-state index in [2.05, 4.69) is 11.9 Å². The lowest BCUT2D eigenvalue weighted by Crippen LogP contribution is -2.43. The molecule has 1 aromatic rings. The number of carbonyl (C=O) groups is 1. The van der Waals surface area contributed by atoms with Gasteiger partial charge in [-0.1, -0.05) is 12.6 Å². The van der Waals surface area contributed by atoms with Crippen LogP contribution in [0.25, 0.3) is 0 Å². The van der Waals surface area contributed by atoms with Gasteiger partial charge in [0.05, 0.1) is 19.9 Å². The van der Waals surface area contributed by atoms with Gasteiger partial charge in [0.15, 0.2) is 17.1 Å². The Morgan fingerprint density at radius 2 is 1.96 bits per heavy atom. The molecule has 6 nitrogen and oxygen atoms in total. The summed E-state index contributed by atoms with van der Waals surface area (Å²) in [6, 6.07) is 5.79. The SMILES string of the molecule is C=C1N(CCc2ccc(OC)c(OC)c2)C(=O)OC12CCNCC2. The van der Waals surface area contributed by atoms with Crippen molar-refractivity contribution in [2.24, 2.45) is 0 Å². The fourth-order valence-electron chi connectivity index (χ4n) is 3.36. The van der Waals surface area contributed by atoms with E-state index >= 15 is 0 Å². The van der Waals surface area contributed by atoms with Gasteiger partial charge in [0.1, 0.15) is 0 Å². The standard InChI is InChI=1S/C18H24N2O4/c1-13-18(7-9-19-10-8-18)24-17(21)20(13)11-6-14-4-5-15(22-2)16(12-14)23-3/h4-5,12,19H,1,6-11H2,2-3H3. The lowest BCUT2D eigenvalue weighted by atomic mass is 9.89. The molecule has 0 saturated carbocycles. The van der Waals surface area contributed by atoms with Crippen molar-refractivity contribution in [3.8, 4) is 11.5 Å². The van der Waals surface area contributed by atoms with Gasteiger partial charge in [-0.25, -0.2) is 4.79 Å². The second-order valence-corrected chi connectivity index (χ2v) is 6.15. The summed E-state index contributed by atoms with van der Waals surface area (Å²) < 4.78 is 16.3. The van der Waals surface area contributed by atoms with Crippen molar-refractivity contribution < 1.29 is 19.0 Å². The van der Waals surface area contributed by atoms with Crippen LogP contribution in [0.15, 0.2) is 30.5 Å². The lowest BCUT2D eigenvalue weighted by molar-refractivity contribution is 0.0454. The first-order valence-corrected chi connectivity index (χ1v) is 8.21. The van der Waals surface area contributed by atoms with E-state index < -0.39 is 5.60 Å². The van der Waals surface area contributed by atoms with Crippen molar-refractivity contribution in [3.05, 3.63) is 36.0 Å². The Hall–Kier alpha value is -2.21. The molecule has 2 aliphatic heterocycles. The average Bonchev–Trinajstić information content (AvgIpc) is 2.83. The fraction of sp³-hybridized carbons (Fsp3) is 0.500. The zero-order valence-electron chi connectivity index (χ0n) is 14.3. The van der Waals surface area contributed by atoms with Crippen LogP contribution in [-0.4, -0.2) is 50.4 Å². The number of nitrogens with zero attached hydrogens (tertiary/aromatic N) is 1. The number of ether oxygens (including phenoxy) is 3. The Balaban J connectivity index is 1.68. The summed E-state index contributed by atoms with van der Waals surface area (Å²) in [4.78, 5) is 13.9. The van der Waals surface area contributed by atoms with E-state index in [4.69, 9.17) is 14.2 Å². The molecular weight excluding hydrogens is 308 g/mol. The molecular formula is C18H24N2O4. The summed E-state index contributed by atoms with van der Waals surface area (Å²) in [5.74, 6) is 1.38. The molecule has 0 radical (unpaired) electrons. The third-order valence-electron chi connectivity index (χ3n) is 4.84. The van der Waals surface area contributed by atoms with Crippen molar-refractivity contribution in [1.82, 2.24) is 10.2 Å². The number of amides is 1. The molecule has 3 rings (SSSR count). The molecule has 1 amide bonds. The zero-order chi connectivity index (χ0) is 17.2. The maximum atomic E-state index is 12.3. The third-order valence-corrected chi connectivity index (χ3v) is 4.84. The van der Waals surface area contributed by atoms with Crippen LogP contribution in [0, 0.1) is 0 Å². The predicted molar refractivity (Wildman–Crippen MR) is 90.4 cm³/mol. The number of rotatable bonds is 5. The number of hydrogen-bond acceptors (Lipinski definition) is 5. The van der Waals surface area contributed by atoms with Crippen LogP contribution in [0.3, 0.4) is 0 Å². The normalized spacial score (nSPS) is 19.5. The highest BCUT2D eigenvalue weighted by molar-refractivity contribution is 5.75. The highest BCUT2D eigenvalue weighted by atomic mass is 16.6. The number of hydrogen-bond donors (Lipinski definition) is 1. The molecule has 0 unspecified atom stereocenters. The maximum absolute atomic E-state index is 12.3. The Labute approximate surface area is 142 Å². The molecule has 0 atom stereocenters. The van der Waals surface area contributed by atoms with Gasteiger partial charge in [-0.15, -0.1) is 0 Å². The van der Waals surface area contributed by atoms with Crippen LogP contribution in [0.4, 0.5) is 4.79 Å². The summed E-state index contributed by atoms with van der Waals surface area (Å²) in [7, 11) is 3.22. The van der Waals surface area contributed by atoms with Gasteiger partial charge in [-0.3, -0.25) is 4.90 Å². The first-order chi connectivity index (χ1) is 11.6. The van der Waals surface area contributed by atoms with Crippen molar-refractivity contribution in [1.29, 1.82) is 0 Å². The van der Waals surface area contributed by atoms with Crippen LogP contribution in [0.2, 0.25) is 0 Å². The van der Waals surface area contributed by atoms with E-state index in [1.165, 1.54) is 0 Å². The largest absolute Gasteiger partial charge is 0.493 e. The van der Waals surface area contributed by atoms with Gasteiger partial charge in [0.25, 0.3) is 0 Å². The first kappa shape index (κ1) is 16.6. The first-order valence-electron chi connectivity index (χ1n) is 8.21. The molecule has 1 spiro atoms. The van der Waals surface area contributed by atoms with Crippen molar-refractivity contribution in [2.75, 3.05) is 33.9 Å². The molecule has 2 saturated heterocycles. The quantitative estimate of drug-likeness (QED) is 0.897. The summed E-state index contributed by atoms with van der Waals surface area (Å²) in [6.07, 6.45) is 1.97. The topological polar surface area (TPSA) is 60.0 Å². The molecule has 0 bridgehead atoms. The van der Waals surface area contributed by atoms with E-state index in [1.54, 1.807) is 19.1 Å². The molecule has 0 aliphatic carbocycles. The van der Waals surface area contributed by atoms with E-state index in [9.17, 15) is 4.79 Å². The van der Waals surface area contributed by atoms with Crippen LogP contribution < -0.4 is 14.8 Å². The van der Waals surface area contributed by atoms with Crippen molar-refractivity contribution in [2.45, 2.75) is 24.9 Å². The van der Waals surface area contributed by atoms with Gasteiger partial charge in [-0.2, -0.15) is 0 Å². The predicted octanol–water partition coefficient (Wildman–Crippen LogP) is 2.33. The molecule has 1 aromatic carbocycles. The van der Waals surface area contributed by atoms with Crippen molar-refractivity contribution in [3.63, 3.8) is 0 Å². The summed E-state index contributed by atoms with van der Waals surface area (Å²) in [6.45, 7) is 6.37.